The minimum absolute atomic E-state index is 0.119. The van der Waals surface area contributed by atoms with E-state index >= 15 is 0 Å². The van der Waals surface area contributed by atoms with Gasteiger partial charge in [0.05, 0.1) is 24.1 Å². The summed E-state index contributed by atoms with van der Waals surface area (Å²) in [6.07, 6.45) is 4.31. The zero-order valence-corrected chi connectivity index (χ0v) is 24.7. The van der Waals surface area contributed by atoms with Gasteiger partial charge in [0.15, 0.2) is 5.69 Å². The van der Waals surface area contributed by atoms with E-state index in [9.17, 15) is 19.8 Å². The largest absolute Gasteiger partial charge is 0.491 e. The van der Waals surface area contributed by atoms with E-state index < -0.39 is 11.7 Å². The van der Waals surface area contributed by atoms with Gasteiger partial charge in [0.1, 0.15) is 18.0 Å². The predicted molar refractivity (Wildman–Crippen MR) is 167 cm³/mol. The van der Waals surface area contributed by atoms with Crippen LogP contribution in [0.25, 0.3) is 11.3 Å². The zero-order valence-electron chi connectivity index (χ0n) is 24.7. The molecule has 2 aliphatic rings. The van der Waals surface area contributed by atoms with Crippen molar-refractivity contribution in [2.45, 2.75) is 49.8 Å². The second kappa shape index (κ2) is 12.9. The molecule has 0 spiro atoms. The van der Waals surface area contributed by atoms with Crippen molar-refractivity contribution in [2.75, 3.05) is 26.2 Å². The lowest BCUT2D eigenvalue weighted by Gasteiger charge is -2.41. The number of benzene rings is 3. The number of rotatable bonds is 8. The highest BCUT2D eigenvalue weighted by Crippen LogP contribution is 2.41. The Morgan fingerprint density at radius 1 is 0.909 bits per heavy atom. The average molecular weight is 595 g/mol. The van der Waals surface area contributed by atoms with Gasteiger partial charge in [-0.05, 0) is 37.0 Å². The van der Waals surface area contributed by atoms with Crippen LogP contribution in [0.5, 0.6) is 5.75 Å². The van der Waals surface area contributed by atoms with Gasteiger partial charge in [-0.3, -0.25) is 4.79 Å². The van der Waals surface area contributed by atoms with Crippen LogP contribution in [0, 0.1) is 0 Å². The monoisotopic (exact) mass is 594 g/mol. The molecule has 1 aliphatic carbocycles. The smallest absolute Gasteiger partial charge is 0.407 e. The molecular weight excluding hydrogens is 556 g/mol. The number of aliphatic hydroxyl groups is 1. The standard InChI is InChI=1S/C35H38N4O5/c40-33(38-21-20-37(34(41)42)23-28(38)22-26-12-4-1-5-13-26)31-32(27-14-6-2-7-15-27)39(25-36-31)30-18-10-11-19-35(30,43)24-44-29-16-8-3-9-17-29/h1-9,12-17,25,28,30,43H,10-11,18-24H2,(H,41,42)/t28-,30?,35?/m1/s1. The van der Waals surface area contributed by atoms with Gasteiger partial charge in [-0.15, -0.1) is 0 Å². The molecule has 2 fully saturated rings. The molecule has 0 bridgehead atoms. The van der Waals surface area contributed by atoms with Crippen molar-refractivity contribution >= 4 is 12.0 Å². The van der Waals surface area contributed by atoms with Gasteiger partial charge in [0, 0.05) is 25.2 Å². The second-order valence-electron chi connectivity index (χ2n) is 11.8. The zero-order chi connectivity index (χ0) is 30.5. The maximum absolute atomic E-state index is 14.4. The van der Waals surface area contributed by atoms with Crippen molar-refractivity contribution in [1.29, 1.82) is 0 Å². The van der Waals surface area contributed by atoms with E-state index in [2.05, 4.69) is 0 Å². The molecule has 3 aromatic carbocycles. The Bertz CT molecular complexity index is 1560. The summed E-state index contributed by atoms with van der Waals surface area (Å²) in [7, 11) is 0. The molecule has 1 saturated heterocycles. The topological polar surface area (TPSA) is 108 Å². The molecule has 2 heterocycles. The van der Waals surface area contributed by atoms with Gasteiger partial charge in [-0.1, -0.05) is 91.7 Å². The van der Waals surface area contributed by atoms with E-state index in [0.717, 1.165) is 24.0 Å². The van der Waals surface area contributed by atoms with Gasteiger partial charge < -0.3 is 29.3 Å². The predicted octanol–water partition coefficient (Wildman–Crippen LogP) is 5.52. The highest BCUT2D eigenvalue weighted by atomic mass is 16.5. The number of aromatic nitrogens is 2. The number of hydrogen-bond donors (Lipinski definition) is 2. The molecule has 2 N–H and O–H groups in total. The highest BCUT2D eigenvalue weighted by Gasteiger charge is 2.43. The van der Waals surface area contributed by atoms with E-state index in [-0.39, 0.29) is 44.2 Å². The van der Waals surface area contributed by atoms with Gasteiger partial charge in [0.2, 0.25) is 0 Å². The first-order valence-corrected chi connectivity index (χ1v) is 15.3. The number of nitrogens with zero attached hydrogens (tertiary/aromatic N) is 4. The van der Waals surface area contributed by atoms with Crippen molar-refractivity contribution in [3.8, 4) is 17.0 Å². The van der Waals surface area contributed by atoms with Crippen LogP contribution in [0.1, 0.15) is 47.8 Å². The number of hydrogen-bond acceptors (Lipinski definition) is 5. The summed E-state index contributed by atoms with van der Waals surface area (Å²) in [4.78, 5) is 34.2. The molecule has 228 valence electrons. The van der Waals surface area contributed by atoms with Crippen LogP contribution < -0.4 is 4.74 Å². The van der Waals surface area contributed by atoms with Gasteiger partial charge in [-0.25, -0.2) is 9.78 Å². The summed E-state index contributed by atoms with van der Waals surface area (Å²) in [6, 6.07) is 28.3. The van der Waals surface area contributed by atoms with E-state index in [4.69, 9.17) is 9.72 Å². The Labute approximate surface area is 257 Å². The van der Waals surface area contributed by atoms with E-state index in [1.165, 1.54) is 4.90 Å². The Hall–Kier alpha value is -4.63. The van der Waals surface area contributed by atoms with Crippen LogP contribution in [-0.2, 0) is 6.42 Å². The molecule has 9 nitrogen and oxygen atoms in total. The normalized spacial score (nSPS) is 22.0. The Morgan fingerprint density at radius 2 is 1.59 bits per heavy atom. The molecule has 9 heteroatoms. The summed E-state index contributed by atoms with van der Waals surface area (Å²) in [5.41, 5.74) is 1.65. The lowest BCUT2D eigenvalue weighted by Crippen LogP contribution is -2.57. The van der Waals surface area contributed by atoms with Crippen molar-refractivity contribution < 1.29 is 24.5 Å². The van der Waals surface area contributed by atoms with Crippen LogP contribution >= 0.6 is 0 Å². The number of imidazole rings is 1. The lowest BCUT2D eigenvalue weighted by molar-refractivity contribution is -0.0718. The fourth-order valence-electron chi connectivity index (χ4n) is 6.62. The fourth-order valence-corrected chi connectivity index (χ4v) is 6.62. The molecule has 6 rings (SSSR count). The van der Waals surface area contributed by atoms with Gasteiger partial charge in [0.25, 0.3) is 5.91 Å². The second-order valence-corrected chi connectivity index (χ2v) is 11.8. The number of ether oxygens (including phenoxy) is 1. The first kappa shape index (κ1) is 29.4. The Kier molecular flexibility index (Phi) is 8.65. The summed E-state index contributed by atoms with van der Waals surface area (Å²) in [6.45, 7) is 0.833. The molecule has 1 aliphatic heterocycles. The van der Waals surface area contributed by atoms with Crippen LogP contribution in [0.2, 0.25) is 0 Å². The highest BCUT2D eigenvalue weighted by molar-refractivity contribution is 5.98. The van der Waals surface area contributed by atoms with Gasteiger partial charge in [-0.2, -0.15) is 0 Å². The van der Waals surface area contributed by atoms with Crippen molar-refractivity contribution in [1.82, 2.24) is 19.4 Å². The molecule has 2 amide bonds. The SMILES string of the molecule is O=C(O)N1CCN(C(=O)c2ncn(C3CCCCC3(O)COc3ccccc3)c2-c2ccccc2)[C@H](Cc2ccccc2)C1. The lowest BCUT2D eigenvalue weighted by atomic mass is 9.80. The van der Waals surface area contributed by atoms with Gasteiger partial charge >= 0.3 is 6.09 Å². The molecule has 0 radical (unpaired) electrons. The average Bonchev–Trinajstić information content (AvgIpc) is 3.50. The third-order valence-corrected chi connectivity index (χ3v) is 8.90. The first-order chi connectivity index (χ1) is 21.4. The third-order valence-electron chi connectivity index (χ3n) is 8.90. The number of carboxylic acid groups (broad SMARTS) is 1. The quantitative estimate of drug-likeness (QED) is 0.278. The van der Waals surface area contributed by atoms with Crippen LogP contribution in [0.3, 0.4) is 0 Å². The van der Waals surface area contributed by atoms with Crippen molar-refractivity contribution in [2.24, 2.45) is 0 Å². The van der Waals surface area contributed by atoms with Crippen molar-refractivity contribution in [3.05, 3.63) is 109 Å². The van der Waals surface area contributed by atoms with Crippen molar-refractivity contribution in [3.63, 3.8) is 0 Å². The molecule has 1 aromatic heterocycles. The summed E-state index contributed by atoms with van der Waals surface area (Å²) >= 11 is 0. The maximum atomic E-state index is 14.4. The minimum atomic E-state index is -1.17. The Morgan fingerprint density at radius 3 is 2.30 bits per heavy atom. The van der Waals surface area contributed by atoms with Crippen LogP contribution in [-0.4, -0.2) is 79.4 Å². The first-order valence-electron chi connectivity index (χ1n) is 15.3. The minimum Gasteiger partial charge on any atom is -0.491 e. The number of piperazine rings is 1. The molecule has 4 aromatic rings. The fraction of sp³-hybridized carbons (Fsp3) is 0.343. The van der Waals surface area contributed by atoms with E-state index in [0.29, 0.717) is 36.4 Å². The summed E-state index contributed by atoms with van der Waals surface area (Å²) < 4.78 is 8.05. The van der Waals surface area contributed by atoms with Crippen LogP contribution in [0.4, 0.5) is 4.79 Å². The van der Waals surface area contributed by atoms with Crippen LogP contribution in [0.15, 0.2) is 97.3 Å². The van der Waals surface area contributed by atoms with E-state index in [1.807, 2.05) is 95.6 Å². The number of para-hydroxylation sites is 1. The summed E-state index contributed by atoms with van der Waals surface area (Å²) in [5, 5.41) is 21.8. The molecule has 44 heavy (non-hydrogen) atoms. The molecular formula is C35H38N4O5. The Balaban J connectivity index is 1.35. The molecule has 1 saturated carbocycles. The van der Waals surface area contributed by atoms with E-state index in [1.54, 1.807) is 11.2 Å². The number of carbonyl (C=O) groups is 2. The maximum Gasteiger partial charge on any atom is 0.407 e. The third kappa shape index (κ3) is 6.19. The molecule has 2 unspecified atom stereocenters. The molecule has 3 atom stereocenters. The number of amides is 2. The summed E-state index contributed by atoms with van der Waals surface area (Å²) in [5.74, 6) is 0.452. The number of carbonyl (C=O) groups excluding carboxylic acids is 1.